The molecule has 1 aromatic heterocycles. The summed E-state index contributed by atoms with van der Waals surface area (Å²) in [5.41, 5.74) is 2.67. The third kappa shape index (κ3) is 2.74. The summed E-state index contributed by atoms with van der Waals surface area (Å²) in [5, 5.41) is 3.42. The standard InChI is InChI=1S/C15H23N3OS/c1-11-14(20-10-17-11)15(19)18-9-3-2-4-13(18)12-5-7-16-8-6-12/h10,12-13,16H,2-9H2,1H3/t13-/m1/s1. The lowest BCUT2D eigenvalue weighted by atomic mass is 9.84. The zero-order valence-electron chi connectivity index (χ0n) is 12.1. The van der Waals surface area contributed by atoms with Gasteiger partial charge in [-0.1, -0.05) is 0 Å². The first-order valence-corrected chi connectivity index (χ1v) is 8.57. The van der Waals surface area contributed by atoms with Gasteiger partial charge in [0.15, 0.2) is 0 Å². The van der Waals surface area contributed by atoms with Crippen molar-refractivity contribution in [1.82, 2.24) is 15.2 Å². The van der Waals surface area contributed by atoms with Gasteiger partial charge in [-0.15, -0.1) is 11.3 Å². The van der Waals surface area contributed by atoms with Crippen LogP contribution in [0.4, 0.5) is 0 Å². The number of rotatable bonds is 2. The minimum Gasteiger partial charge on any atom is -0.335 e. The lowest BCUT2D eigenvalue weighted by molar-refractivity contribution is 0.0480. The molecule has 3 heterocycles. The smallest absolute Gasteiger partial charge is 0.266 e. The van der Waals surface area contributed by atoms with Crippen molar-refractivity contribution in [2.75, 3.05) is 19.6 Å². The second-order valence-electron chi connectivity index (χ2n) is 5.92. The third-order valence-electron chi connectivity index (χ3n) is 4.68. The molecule has 4 nitrogen and oxygen atoms in total. The van der Waals surface area contributed by atoms with E-state index in [0.29, 0.717) is 12.0 Å². The van der Waals surface area contributed by atoms with E-state index in [0.717, 1.165) is 36.6 Å². The fourth-order valence-electron chi connectivity index (χ4n) is 3.57. The Bertz CT molecular complexity index is 467. The van der Waals surface area contributed by atoms with E-state index < -0.39 is 0 Å². The average molecular weight is 293 g/mol. The molecule has 0 unspecified atom stereocenters. The van der Waals surface area contributed by atoms with Crippen molar-refractivity contribution in [3.8, 4) is 0 Å². The van der Waals surface area contributed by atoms with Crippen molar-refractivity contribution >= 4 is 17.2 Å². The van der Waals surface area contributed by atoms with Crippen LogP contribution in [0.2, 0.25) is 0 Å². The predicted octanol–water partition coefficient (Wildman–Crippen LogP) is 2.45. The number of carbonyl (C=O) groups is 1. The molecule has 1 atom stereocenters. The molecule has 20 heavy (non-hydrogen) atoms. The number of thiazole rings is 1. The van der Waals surface area contributed by atoms with Crippen molar-refractivity contribution in [3.05, 3.63) is 16.1 Å². The Labute approximate surface area is 124 Å². The van der Waals surface area contributed by atoms with Crippen LogP contribution in [-0.2, 0) is 0 Å². The molecule has 0 aliphatic carbocycles. The summed E-state index contributed by atoms with van der Waals surface area (Å²) in [6, 6.07) is 0.444. The van der Waals surface area contributed by atoms with Gasteiger partial charge in [-0.25, -0.2) is 4.98 Å². The maximum atomic E-state index is 12.8. The molecule has 1 aromatic rings. The topological polar surface area (TPSA) is 45.2 Å². The highest BCUT2D eigenvalue weighted by molar-refractivity contribution is 7.11. The van der Waals surface area contributed by atoms with Gasteiger partial charge in [-0.05, 0) is 58.0 Å². The van der Waals surface area contributed by atoms with E-state index in [1.54, 1.807) is 5.51 Å². The number of hydrogen-bond donors (Lipinski definition) is 1. The number of hydrogen-bond acceptors (Lipinski definition) is 4. The molecule has 2 aliphatic rings. The highest BCUT2D eigenvalue weighted by Crippen LogP contribution is 2.30. The van der Waals surface area contributed by atoms with Gasteiger partial charge in [0.1, 0.15) is 4.88 Å². The molecule has 0 bridgehead atoms. The molecule has 5 heteroatoms. The maximum Gasteiger partial charge on any atom is 0.266 e. The van der Waals surface area contributed by atoms with E-state index in [1.165, 1.54) is 37.0 Å². The Kier molecular flexibility index (Phi) is 4.36. The van der Waals surface area contributed by atoms with E-state index in [-0.39, 0.29) is 5.91 Å². The summed E-state index contributed by atoms with van der Waals surface area (Å²) < 4.78 is 0. The summed E-state index contributed by atoms with van der Waals surface area (Å²) in [6.45, 7) is 5.06. The van der Waals surface area contributed by atoms with Crippen molar-refractivity contribution in [3.63, 3.8) is 0 Å². The molecule has 2 fully saturated rings. The van der Waals surface area contributed by atoms with Crippen LogP contribution >= 0.6 is 11.3 Å². The van der Waals surface area contributed by atoms with Crippen LogP contribution in [0.3, 0.4) is 0 Å². The third-order valence-corrected chi connectivity index (χ3v) is 5.59. The van der Waals surface area contributed by atoms with E-state index in [4.69, 9.17) is 0 Å². The summed E-state index contributed by atoms with van der Waals surface area (Å²) >= 11 is 1.49. The lowest BCUT2D eigenvalue weighted by Gasteiger charge is -2.42. The van der Waals surface area contributed by atoms with Gasteiger partial charge in [-0.3, -0.25) is 4.79 Å². The molecule has 0 radical (unpaired) electrons. The minimum atomic E-state index is 0.216. The van der Waals surface area contributed by atoms with Crippen molar-refractivity contribution in [2.24, 2.45) is 5.92 Å². The number of amides is 1. The van der Waals surface area contributed by atoms with Crippen LogP contribution in [-0.4, -0.2) is 41.5 Å². The first kappa shape index (κ1) is 14.0. The molecular weight excluding hydrogens is 270 g/mol. The summed E-state index contributed by atoms with van der Waals surface area (Å²) in [5.74, 6) is 0.891. The maximum absolute atomic E-state index is 12.8. The van der Waals surface area contributed by atoms with Gasteiger partial charge < -0.3 is 10.2 Å². The van der Waals surface area contributed by atoms with E-state index in [1.807, 2.05) is 6.92 Å². The molecule has 1 amide bonds. The molecule has 0 aromatic carbocycles. The van der Waals surface area contributed by atoms with Gasteiger partial charge in [0.2, 0.25) is 0 Å². The summed E-state index contributed by atoms with van der Waals surface area (Å²) in [4.78, 5) is 20.0. The molecular formula is C15H23N3OS. The fourth-order valence-corrected chi connectivity index (χ4v) is 4.32. The normalized spacial score (nSPS) is 24.9. The van der Waals surface area contributed by atoms with Crippen molar-refractivity contribution in [2.45, 2.75) is 45.1 Å². The van der Waals surface area contributed by atoms with Crippen LogP contribution in [0.5, 0.6) is 0 Å². The van der Waals surface area contributed by atoms with Gasteiger partial charge in [0, 0.05) is 12.6 Å². The Morgan fingerprint density at radius 1 is 1.35 bits per heavy atom. The van der Waals surface area contributed by atoms with E-state index in [2.05, 4.69) is 15.2 Å². The predicted molar refractivity (Wildman–Crippen MR) is 81.1 cm³/mol. The van der Waals surface area contributed by atoms with Gasteiger partial charge in [0.05, 0.1) is 11.2 Å². The quantitative estimate of drug-likeness (QED) is 0.911. The van der Waals surface area contributed by atoms with Crippen LogP contribution < -0.4 is 5.32 Å². The Morgan fingerprint density at radius 3 is 2.85 bits per heavy atom. The zero-order valence-corrected chi connectivity index (χ0v) is 12.9. The Morgan fingerprint density at radius 2 is 2.15 bits per heavy atom. The number of aryl methyl sites for hydroxylation is 1. The molecule has 2 saturated heterocycles. The largest absolute Gasteiger partial charge is 0.335 e. The molecule has 3 rings (SSSR count). The van der Waals surface area contributed by atoms with Crippen molar-refractivity contribution < 1.29 is 4.79 Å². The van der Waals surface area contributed by atoms with Gasteiger partial charge in [-0.2, -0.15) is 0 Å². The second kappa shape index (κ2) is 6.22. The van der Waals surface area contributed by atoms with E-state index in [9.17, 15) is 4.79 Å². The summed E-state index contributed by atoms with van der Waals surface area (Å²) in [6.07, 6.45) is 5.99. The number of nitrogens with one attached hydrogen (secondary N) is 1. The molecule has 1 N–H and O–H groups in total. The van der Waals surface area contributed by atoms with E-state index >= 15 is 0 Å². The van der Waals surface area contributed by atoms with Crippen molar-refractivity contribution in [1.29, 1.82) is 0 Å². The number of nitrogens with zero attached hydrogens (tertiary/aromatic N) is 2. The zero-order chi connectivity index (χ0) is 13.9. The lowest BCUT2D eigenvalue weighted by Crippen LogP contribution is -2.49. The van der Waals surface area contributed by atoms with Gasteiger partial charge in [0.25, 0.3) is 5.91 Å². The van der Waals surface area contributed by atoms with Crippen LogP contribution in [0.15, 0.2) is 5.51 Å². The Balaban J connectivity index is 1.78. The number of piperidine rings is 2. The average Bonchev–Trinajstić information content (AvgIpc) is 2.93. The first-order chi connectivity index (χ1) is 9.77. The van der Waals surface area contributed by atoms with Gasteiger partial charge >= 0.3 is 0 Å². The number of carbonyl (C=O) groups excluding carboxylic acids is 1. The molecule has 0 spiro atoms. The Hall–Kier alpha value is -0.940. The highest BCUT2D eigenvalue weighted by Gasteiger charge is 2.34. The molecule has 0 saturated carbocycles. The van der Waals surface area contributed by atoms with Crippen LogP contribution in [0.1, 0.15) is 47.5 Å². The minimum absolute atomic E-state index is 0.216. The fraction of sp³-hybridized carbons (Fsp3) is 0.733. The molecule has 2 aliphatic heterocycles. The van der Waals surface area contributed by atoms with Crippen LogP contribution in [0.25, 0.3) is 0 Å². The monoisotopic (exact) mass is 293 g/mol. The number of aromatic nitrogens is 1. The second-order valence-corrected chi connectivity index (χ2v) is 6.77. The SMILES string of the molecule is Cc1ncsc1C(=O)N1CCCC[C@@H]1C1CCNCC1. The highest BCUT2D eigenvalue weighted by atomic mass is 32.1. The van der Waals surface area contributed by atoms with Crippen LogP contribution in [0, 0.1) is 12.8 Å². The molecule has 110 valence electrons. The first-order valence-electron chi connectivity index (χ1n) is 7.69. The summed E-state index contributed by atoms with van der Waals surface area (Å²) in [7, 11) is 0. The number of likely N-dealkylation sites (tertiary alicyclic amines) is 1.